The molecular formula is C16H24N2O. The number of allylic oxidation sites excluding steroid dienone is 1. The van der Waals surface area contributed by atoms with Crippen molar-refractivity contribution >= 4 is 11.7 Å². The second kappa shape index (κ2) is 7.62. The highest BCUT2D eigenvalue weighted by molar-refractivity contribution is 5.90. The predicted octanol–water partition coefficient (Wildman–Crippen LogP) is 4.49. The molecule has 0 bridgehead atoms. The number of urea groups is 1. The summed E-state index contributed by atoms with van der Waals surface area (Å²) in [6.07, 6.45) is 4.68. The molecule has 3 nitrogen and oxygen atoms in total. The van der Waals surface area contributed by atoms with E-state index in [2.05, 4.69) is 44.4 Å². The quantitative estimate of drug-likeness (QED) is 0.804. The van der Waals surface area contributed by atoms with Crippen LogP contribution in [0.5, 0.6) is 0 Å². The van der Waals surface area contributed by atoms with Crippen LogP contribution in [0, 0.1) is 5.92 Å². The zero-order valence-corrected chi connectivity index (χ0v) is 12.2. The maximum Gasteiger partial charge on any atom is 0.323 e. The molecule has 0 saturated carbocycles. The number of rotatable bonds is 5. The third kappa shape index (κ3) is 5.16. The molecule has 1 aromatic carbocycles. The summed E-state index contributed by atoms with van der Waals surface area (Å²) >= 11 is 0. The fourth-order valence-corrected chi connectivity index (χ4v) is 1.74. The van der Waals surface area contributed by atoms with E-state index < -0.39 is 0 Å². The number of amides is 2. The van der Waals surface area contributed by atoms with Crippen LogP contribution in [-0.4, -0.2) is 6.03 Å². The van der Waals surface area contributed by atoms with Crippen LogP contribution >= 0.6 is 0 Å². The fraction of sp³-hybridized carbons (Fsp3) is 0.438. The molecule has 1 aromatic rings. The van der Waals surface area contributed by atoms with Crippen molar-refractivity contribution in [2.75, 3.05) is 5.32 Å². The lowest BCUT2D eigenvalue weighted by Crippen LogP contribution is -2.24. The van der Waals surface area contributed by atoms with Gasteiger partial charge in [-0.05, 0) is 29.9 Å². The van der Waals surface area contributed by atoms with Crippen LogP contribution in [0.2, 0.25) is 0 Å². The van der Waals surface area contributed by atoms with Gasteiger partial charge >= 0.3 is 6.03 Å². The van der Waals surface area contributed by atoms with Gasteiger partial charge in [-0.3, -0.25) is 0 Å². The molecule has 0 aliphatic rings. The second-order valence-electron chi connectivity index (χ2n) is 5.10. The maximum absolute atomic E-state index is 11.8. The van der Waals surface area contributed by atoms with Crippen LogP contribution in [-0.2, 0) is 0 Å². The smallest absolute Gasteiger partial charge is 0.315 e. The predicted molar refractivity (Wildman–Crippen MR) is 81.3 cm³/mol. The van der Waals surface area contributed by atoms with Crippen LogP contribution in [0.3, 0.4) is 0 Å². The molecule has 19 heavy (non-hydrogen) atoms. The number of benzene rings is 1. The molecule has 0 aromatic heterocycles. The highest BCUT2D eigenvalue weighted by atomic mass is 16.2. The van der Waals surface area contributed by atoms with Crippen molar-refractivity contribution in [2.45, 2.75) is 40.0 Å². The fourth-order valence-electron chi connectivity index (χ4n) is 1.74. The Morgan fingerprint density at radius 3 is 2.58 bits per heavy atom. The van der Waals surface area contributed by atoms with Crippen molar-refractivity contribution in [1.29, 1.82) is 0 Å². The monoisotopic (exact) mass is 260 g/mol. The first kappa shape index (κ1) is 15.3. The molecule has 3 heteroatoms. The largest absolute Gasteiger partial charge is 0.323 e. The van der Waals surface area contributed by atoms with Crippen LogP contribution in [0.25, 0.3) is 0 Å². The number of carbonyl (C=O) groups excluding carboxylic acids is 1. The first-order valence-corrected chi connectivity index (χ1v) is 6.87. The van der Waals surface area contributed by atoms with E-state index in [0.717, 1.165) is 12.1 Å². The van der Waals surface area contributed by atoms with Gasteiger partial charge in [-0.25, -0.2) is 4.79 Å². The Morgan fingerprint density at radius 1 is 1.26 bits per heavy atom. The molecule has 0 aliphatic heterocycles. The summed E-state index contributed by atoms with van der Waals surface area (Å²) in [6, 6.07) is 7.74. The van der Waals surface area contributed by atoms with Gasteiger partial charge in [0.1, 0.15) is 0 Å². The van der Waals surface area contributed by atoms with E-state index in [1.807, 2.05) is 24.3 Å². The van der Waals surface area contributed by atoms with Gasteiger partial charge in [-0.15, -0.1) is 0 Å². The summed E-state index contributed by atoms with van der Waals surface area (Å²) in [6.45, 7) is 8.44. The first-order chi connectivity index (χ1) is 9.04. The van der Waals surface area contributed by atoms with Gasteiger partial charge in [0, 0.05) is 11.9 Å². The molecule has 0 saturated heterocycles. The average Bonchev–Trinajstić information content (AvgIpc) is 2.38. The summed E-state index contributed by atoms with van der Waals surface area (Å²) in [7, 11) is 0. The van der Waals surface area contributed by atoms with Gasteiger partial charge in [0.25, 0.3) is 0 Å². The lowest BCUT2D eigenvalue weighted by atomic mass is 9.97. The standard InChI is InChI=1S/C16H24N2O/c1-5-13(4)14-8-6-7-9-15(14)18-16(19)17-11-10-12(2)3/h6-13H,5H2,1-4H3,(H2,17,18,19)/b11-10+. The van der Waals surface area contributed by atoms with Crippen molar-refractivity contribution in [3.8, 4) is 0 Å². The van der Waals surface area contributed by atoms with Gasteiger partial charge in [0.05, 0.1) is 0 Å². The lowest BCUT2D eigenvalue weighted by Gasteiger charge is -2.15. The molecule has 0 spiro atoms. The molecule has 104 valence electrons. The minimum Gasteiger partial charge on any atom is -0.315 e. The van der Waals surface area contributed by atoms with Gasteiger partial charge in [0.2, 0.25) is 0 Å². The molecule has 0 fully saturated rings. The van der Waals surface area contributed by atoms with E-state index in [1.165, 1.54) is 5.56 Å². The molecule has 0 aliphatic carbocycles. The Bertz CT molecular complexity index is 438. The summed E-state index contributed by atoms with van der Waals surface area (Å²) in [4.78, 5) is 11.8. The summed E-state index contributed by atoms with van der Waals surface area (Å²) in [5.74, 6) is 0.857. The number of carbonyl (C=O) groups is 1. The van der Waals surface area contributed by atoms with Crippen molar-refractivity contribution in [2.24, 2.45) is 5.92 Å². The van der Waals surface area contributed by atoms with E-state index in [4.69, 9.17) is 0 Å². The number of anilines is 1. The molecule has 2 N–H and O–H groups in total. The van der Waals surface area contributed by atoms with Gasteiger partial charge < -0.3 is 10.6 Å². The number of hydrogen-bond acceptors (Lipinski definition) is 1. The molecule has 1 unspecified atom stereocenters. The van der Waals surface area contributed by atoms with E-state index in [1.54, 1.807) is 6.20 Å². The molecule has 2 amide bonds. The third-order valence-electron chi connectivity index (χ3n) is 3.05. The Morgan fingerprint density at radius 2 is 1.95 bits per heavy atom. The topological polar surface area (TPSA) is 41.1 Å². The molecule has 1 rings (SSSR count). The Hall–Kier alpha value is -1.77. The molecule has 0 heterocycles. The van der Waals surface area contributed by atoms with Crippen LogP contribution in [0.15, 0.2) is 36.5 Å². The van der Waals surface area contributed by atoms with Gasteiger partial charge in [-0.2, -0.15) is 0 Å². The van der Waals surface area contributed by atoms with Crippen LogP contribution in [0.1, 0.15) is 45.6 Å². The molecule has 1 atom stereocenters. The number of para-hydroxylation sites is 1. The maximum atomic E-state index is 11.8. The highest BCUT2D eigenvalue weighted by Gasteiger charge is 2.09. The van der Waals surface area contributed by atoms with E-state index >= 15 is 0 Å². The Kier molecular flexibility index (Phi) is 6.13. The summed E-state index contributed by atoms with van der Waals surface area (Å²) in [5.41, 5.74) is 2.06. The minimum absolute atomic E-state index is 0.201. The minimum atomic E-state index is -0.201. The normalized spacial score (nSPS) is 12.7. The average molecular weight is 260 g/mol. The molecular weight excluding hydrogens is 236 g/mol. The SMILES string of the molecule is CCC(C)c1ccccc1NC(=O)N/C=C/C(C)C. The van der Waals surface area contributed by atoms with Crippen molar-refractivity contribution in [3.05, 3.63) is 42.1 Å². The first-order valence-electron chi connectivity index (χ1n) is 6.87. The zero-order chi connectivity index (χ0) is 14.3. The van der Waals surface area contributed by atoms with Crippen molar-refractivity contribution < 1.29 is 4.79 Å². The van der Waals surface area contributed by atoms with Crippen molar-refractivity contribution in [1.82, 2.24) is 5.32 Å². The van der Waals surface area contributed by atoms with Crippen LogP contribution < -0.4 is 10.6 Å². The molecule has 0 radical (unpaired) electrons. The van der Waals surface area contributed by atoms with Gasteiger partial charge in [-0.1, -0.05) is 52.0 Å². The van der Waals surface area contributed by atoms with E-state index in [9.17, 15) is 4.79 Å². The zero-order valence-electron chi connectivity index (χ0n) is 12.2. The Balaban J connectivity index is 2.69. The summed E-state index contributed by atoms with van der Waals surface area (Å²) in [5, 5.41) is 5.61. The lowest BCUT2D eigenvalue weighted by molar-refractivity contribution is 0.255. The van der Waals surface area contributed by atoms with Crippen LogP contribution in [0.4, 0.5) is 10.5 Å². The highest BCUT2D eigenvalue weighted by Crippen LogP contribution is 2.26. The number of nitrogens with one attached hydrogen (secondary N) is 2. The second-order valence-corrected chi connectivity index (χ2v) is 5.10. The number of hydrogen-bond donors (Lipinski definition) is 2. The van der Waals surface area contributed by atoms with Crippen molar-refractivity contribution in [3.63, 3.8) is 0 Å². The Labute approximate surface area is 116 Å². The van der Waals surface area contributed by atoms with E-state index in [0.29, 0.717) is 11.8 Å². The van der Waals surface area contributed by atoms with E-state index in [-0.39, 0.29) is 6.03 Å². The summed E-state index contributed by atoms with van der Waals surface area (Å²) < 4.78 is 0. The van der Waals surface area contributed by atoms with Gasteiger partial charge in [0.15, 0.2) is 0 Å². The third-order valence-corrected chi connectivity index (χ3v) is 3.05.